The van der Waals surface area contributed by atoms with Crippen LogP contribution in [-0.2, 0) is 10.0 Å². The molecule has 0 bridgehead atoms. The van der Waals surface area contributed by atoms with Crippen molar-refractivity contribution in [1.29, 1.82) is 0 Å². The summed E-state index contributed by atoms with van der Waals surface area (Å²) < 4.78 is 27.4. The molecular weight excluding hydrogens is 286 g/mol. The normalized spacial score (nSPS) is 18.6. The molecule has 2 N–H and O–H groups in total. The first-order chi connectivity index (χ1) is 8.73. The molecule has 1 aromatic rings. The molecule has 0 radical (unpaired) electrons. The minimum Gasteiger partial charge on any atom is -0.477 e. The Labute approximate surface area is 116 Å². The molecule has 1 aromatic heterocycles. The fraction of sp³-hybridized carbons (Fsp3) is 0.583. The van der Waals surface area contributed by atoms with Gasteiger partial charge in [0.15, 0.2) is 0 Å². The number of rotatable bonds is 4. The second kappa shape index (κ2) is 4.88. The summed E-state index contributed by atoms with van der Waals surface area (Å²) in [5.41, 5.74) is 0.0783. The molecular formula is C12H17NO4S2. The van der Waals surface area contributed by atoms with Gasteiger partial charge < -0.3 is 5.11 Å². The van der Waals surface area contributed by atoms with Crippen LogP contribution in [0, 0.1) is 6.92 Å². The number of carbonyl (C=O) groups is 1. The molecule has 0 aromatic carbocycles. The first-order valence-corrected chi connectivity index (χ1v) is 8.41. The van der Waals surface area contributed by atoms with Gasteiger partial charge in [0.2, 0.25) is 0 Å². The highest BCUT2D eigenvalue weighted by molar-refractivity contribution is 7.91. The van der Waals surface area contributed by atoms with Gasteiger partial charge in [0.25, 0.3) is 10.0 Å². The van der Waals surface area contributed by atoms with Gasteiger partial charge in [-0.15, -0.1) is 11.3 Å². The van der Waals surface area contributed by atoms with Gasteiger partial charge in [0.1, 0.15) is 9.09 Å². The fourth-order valence-corrected chi connectivity index (χ4v) is 5.27. The van der Waals surface area contributed by atoms with Crippen LogP contribution in [0.2, 0.25) is 0 Å². The van der Waals surface area contributed by atoms with Crippen molar-refractivity contribution in [2.24, 2.45) is 0 Å². The SMILES string of the molecule is Cc1cc(S(=O)(=O)NC2(C)CCCC2)sc1C(=O)O. The summed E-state index contributed by atoms with van der Waals surface area (Å²) in [7, 11) is -3.63. The minimum atomic E-state index is -3.63. The summed E-state index contributed by atoms with van der Waals surface area (Å²) >= 11 is 0.807. The average Bonchev–Trinajstić information content (AvgIpc) is 2.84. The zero-order chi connectivity index (χ0) is 14.3. The Morgan fingerprint density at radius 1 is 1.42 bits per heavy atom. The van der Waals surface area contributed by atoms with E-state index in [2.05, 4.69) is 4.72 Å². The summed E-state index contributed by atoms with van der Waals surface area (Å²) in [6.45, 7) is 3.51. The molecule has 106 valence electrons. The molecule has 0 amide bonds. The Morgan fingerprint density at radius 2 is 2.00 bits per heavy atom. The molecule has 0 spiro atoms. The largest absolute Gasteiger partial charge is 0.477 e. The molecule has 0 saturated heterocycles. The predicted octanol–water partition coefficient (Wildman–Crippen LogP) is 2.37. The number of aryl methyl sites for hydroxylation is 1. The van der Waals surface area contributed by atoms with E-state index < -0.39 is 21.5 Å². The van der Waals surface area contributed by atoms with Crippen molar-refractivity contribution >= 4 is 27.3 Å². The first-order valence-electron chi connectivity index (χ1n) is 6.11. The lowest BCUT2D eigenvalue weighted by atomic mass is 10.0. The summed E-state index contributed by atoms with van der Waals surface area (Å²) in [6, 6.07) is 1.43. The third-order valence-corrected chi connectivity index (χ3v) is 6.78. The Balaban J connectivity index is 2.29. The highest BCUT2D eigenvalue weighted by Gasteiger charge is 2.34. The lowest BCUT2D eigenvalue weighted by molar-refractivity contribution is 0.0701. The molecule has 5 nitrogen and oxygen atoms in total. The number of hydrogen-bond donors (Lipinski definition) is 2. The number of carboxylic acid groups (broad SMARTS) is 1. The van der Waals surface area contributed by atoms with Crippen LogP contribution in [0.4, 0.5) is 0 Å². The third-order valence-electron chi connectivity index (χ3n) is 3.44. The third kappa shape index (κ3) is 2.98. The number of aromatic carboxylic acids is 1. The van der Waals surface area contributed by atoms with E-state index in [0.717, 1.165) is 37.0 Å². The molecule has 0 aliphatic heterocycles. The van der Waals surface area contributed by atoms with Crippen LogP contribution in [0.25, 0.3) is 0 Å². The van der Waals surface area contributed by atoms with Crippen LogP contribution in [-0.4, -0.2) is 25.0 Å². The van der Waals surface area contributed by atoms with Crippen LogP contribution >= 0.6 is 11.3 Å². The van der Waals surface area contributed by atoms with Crippen molar-refractivity contribution in [2.75, 3.05) is 0 Å². The molecule has 1 aliphatic carbocycles. The zero-order valence-corrected chi connectivity index (χ0v) is 12.5. The van der Waals surface area contributed by atoms with Crippen molar-refractivity contribution in [1.82, 2.24) is 4.72 Å². The molecule has 0 unspecified atom stereocenters. The number of hydrogen-bond acceptors (Lipinski definition) is 4. The fourth-order valence-electron chi connectivity index (χ4n) is 2.43. The van der Waals surface area contributed by atoms with Gasteiger partial charge in [0.05, 0.1) is 0 Å². The van der Waals surface area contributed by atoms with Gasteiger partial charge in [-0.1, -0.05) is 12.8 Å². The maximum absolute atomic E-state index is 12.3. The van der Waals surface area contributed by atoms with Crippen LogP contribution in [0.3, 0.4) is 0 Å². The Bertz CT molecular complexity index is 597. The summed E-state index contributed by atoms with van der Waals surface area (Å²) in [5, 5.41) is 8.97. The van der Waals surface area contributed by atoms with E-state index in [4.69, 9.17) is 5.11 Å². The summed E-state index contributed by atoms with van der Waals surface area (Å²) in [6.07, 6.45) is 3.68. The molecule has 1 fully saturated rings. The zero-order valence-electron chi connectivity index (χ0n) is 10.9. The van der Waals surface area contributed by atoms with Gasteiger partial charge >= 0.3 is 5.97 Å². The molecule has 2 rings (SSSR count). The van der Waals surface area contributed by atoms with E-state index in [1.54, 1.807) is 6.92 Å². The number of carboxylic acids is 1. The van der Waals surface area contributed by atoms with Crippen LogP contribution < -0.4 is 4.72 Å². The van der Waals surface area contributed by atoms with Crippen molar-refractivity contribution in [3.63, 3.8) is 0 Å². The quantitative estimate of drug-likeness (QED) is 0.894. The van der Waals surface area contributed by atoms with Crippen LogP contribution in [0.5, 0.6) is 0 Å². The van der Waals surface area contributed by atoms with Crippen molar-refractivity contribution in [2.45, 2.75) is 49.3 Å². The smallest absolute Gasteiger partial charge is 0.346 e. The van der Waals surface area contributed by atoms with Crippen molar-refractivity contribution in [3.05, 3.63) is 16.5 Å². The highest BCUT2D eigenvalue weighted by Crippen LogP contribution is 2.32. The first kappa shape index (κ1) is 14.5. The molecule has 1 aliphatic rings. The Kier molecular flexibility index (Phi) is 3.72. The van der Waals surface area contributed by atoms with Gasteiger partial charge in [-0.25, -0.2) is 17.9 Å². The maximum Gasteiger partial charge on any atom is 0.346 e. The Hall–Kier alpha value is -0.920. The van der Waals surface area contributed by atoms with Crippen LogP contribution in [0.15, 0.2) is 10.3 Å². The second-order valence-electron chi connectivity index (χ2n) is 5.26. The van der Waals surface area contributed by atoms with E-state index >= 15 is 0 Å². The minimum absolute atomic E-state index is 0.0792. The van der Waals surface area contributed by atoms with Gasteiger partial charge in [-0.05, 0) is 38.3 Å². The lowest BCUT2D eigenvalue weighted by Gasteiger charge is -2.24. The van der Waals surface area contributed by atoms with Gasteiger partial charge in [0, 0.05) is 5.54 Å². The van der Waals surface area contributed by atoms with Crippen molar-refractivity contribution in [3.8, 4) is 0 Å². The lowest BCUT2D eigenvalue weighted by Crippen LogP contribution is -2.43. The Morgan fingerprint density at radius 3 is 2.47 bits per heavy atom. The van der Waals surface area contributed by atoms with E-state index in [0.29, 0.717) is 5.56 Å². The van der Waals surface area contributed by atoms with Crippen LogP contribution in [0.1, 0.15) is 47.8 Å². The summed E-state index contributed by atoms with van der Waals surface area (Å²) in [4.78, 5) is 11.0. The van der Waals surface area contributed by atoms with Gasteiger partial charge in [-0.3, -0.25) is 0 Å². The molecule has 0 atom stereocenters. The molecule has 1 saturated carbocycles. The average molecular weight is 303 g/mol. The number of thiophene rings is 1. The topological polar surface area (TPSA) is 83.5 Å². The highest BCUT2D eigenvalue weighted by atomic mass is 32.2. The predicted molar refractivity (Wildman–Crippen MR) is 73.2 cm³/mol. The number of nitrogens with one attached hydrogen (secondary N) is 1. The molecule has 1 heterocycles. The van der Waals surface area contributed by atoms with E-state index in [9.17, 15) is 13.2 Å². The molecule has 7 heteroatoms. The van der Waals surface area contributed by atoms with E-state index in [1.165, 1.54) is 6.07 Å². The standard InChI is InChI=1S/C12H17NO4S2/c1-8-7-9(18-10(8)11(14)15)19(16,17)13-12(2)5-3-4-6-12/h7,13H,3-6H2,1-2H3,(H,14,15). The van der Waals surface area contributed by atoms with E-state index in [1.807, 2.05) is 6.92 Å². The van der Waals surface area contributed by atoms with Gasteiger partial charge in [-0.2, -0.15) is 0 Å². The van der Waals surface area contributed by atoms with E-state index in [-0.39, 0.29) is 9.09 Å². The van der Waals surface area contributed by atoms with Crippen molar-refractivity contribution < 1.29 is 18.3 Å². The molecule has 19 heavy (non-hydrogen) atoms. The maximum atomic E-state index is 12.3. The monoisotopic (exact) mass is 303 g/mol. The number of sulfonamides is 1. The summed E-state index contributed by atoms with van der Waals surface area (Å²) in [5.74, 6) is -1.09. The second-order valence-corrected chi connectivity index (χ2v) is 8.22.